The van der Waals surface area contributed by atoms with E-state index in [1.807, 2.05) is 0 Å². The lowest BCUT2D eigenvalue weighted by Crippen LogP contribution is -2.01. The zero-order valence-corrected chi connectivity index (χ0v) is 7.49. The van der Waals surface area contributed by atoms with Gasteiger partial charge in [-0.3, -0.25) is 14.9 Å². The highest BCUT2D eigenvalue weighted by Gasteiger charge is 2.15. The van der Waals surface area contributed by atoms with E-state index in [9.17, 15) is 19.3 Å². The van der Waals surface area contributed by atoms with E-state index in [4.69, 9.17) is 0 Å². The van der Waals surface area contributed by atoms with Crippen molar-refractivity contribution in [1.82, 2.24) is 0 Å². The molecule has 0 atom stereocenters. The summed E-state index contributed by atoms with van der Waals surface area (Å²) in [6, 6.07) is 3.08. The van der Waals surface area contributed by atoms with Crippen molar-refractivity contribution in [2.45, 2.75) is 13.3 Å². The van der Waals surface area contributed by atoms with Crippen molar-refractivity contribution in [2.75, 3.05) is 0 Å². The van der Waals surface area contributed by atoms with Gasteiger partial charge < -0.3 is 0 Å². The second-order valence-corrected chi connectivity index (χ2v) is 2.91. The predicted molar refractivity (Wildman–Crippen MR) is 47.4 cm³/mol. The van der Waals surface area contributed by atoms with Crippen molar-refractivity contribution < 1.29 is 14.1 Å². The molecule has 1 rings (SSSR count). The number of hydrogen-bond acceptors (Lipinski definition) is 3. The van der Waals surface area contributed by atoms with E-state index in [0.29, 0.717) is 0 Å². The van der Waals surface area contributed by atoms with Crippen LogP contribution in [-0.4, -0.2) is 10.7 Å². The maximum Gasteiger partial charge on any atom is 0.273 e. The molecule has 0 fully saturated rings. The zero-order valence-electron chi connectivity index (χ0n) is 7.49. The van der Waals surface area contributed by atoms with Gasteiger partial charge in [-0.05, 0) is 19.1 Å². The molecule has 1 aromatic carbocycles. The molecule has 0 saturated carbocycles. The predicted octanol–water partition coefficient (Wildman–Crippen LogP) is 1.87. The molecule has 74 valence electrons. The van der Waals surface area contributed by atoms with Gasteiger partial charge in [0, 0.05) is 18.1 Å². The van der Waals surface area contributed by atoms with Crippen LogP contribution in [0, 0.1) is 15.9 Å². The summed E-state index contributed by atoms with van der Waals surface area (Å²) in [5.74, 6) is -0.814. The number of ketones is 1. The Kier molecular flexibility index (Phi) is 2.91. The van der Waals surface area contributed by atoms with E-state index in [1.165, 1.54) is 6.92 Å². The standard InChI is InChI=1S/C9H8FNO3/c1-6(12)4-7-5-8(10)2-3-9(7)11(13)14/h2-3,5H,4H2,1H3. The van der Waals surface area contributed by atoms with E-state index < -0.39 is 10.7 Å². The summed E-state index contributed by atoms with van der Waals surface area (Å²) < 4.78 is 12.7. The summed E-state index contributed by atoms with van der Waals surface area (Å²) in [6.07, 6.45) is -0.117. The van der Waals surface area contributed by atoms with Gasteiger partial charge in [-0.1, -0.05) is 0 Å². The summed E-state index contributed by atoms with van der Waals surface area (Å²) in [6.45, 7) is 1.30. The van der Waals surface area contributed by atoms with Crippen molar-refractivity contribution in [3.8, 4) is 0 Å². The average Bonchev–Trinajstić information content (AvgIpc) is 2.01. The molecule has 0 radical (unpaired) electrons. The number of Topliss-reactive ketones (excluding diaryl/α,β-unsaturated/α-hetero) is 1. The Labute approximate surface area is 79.5 Å². The molecule has 0 unspecified atom stereocenters. The van der Waals surface area contributed by atoms with Crippen LogP contribution in [0.3, 0.4) is 0 Å². The highest BCUT2D eigenvalue weighted by Crippen LogP contribution is 2.19. The second kappa shape index (κ2) is 3.95. The van der Waals surface area contributed by atoms with Crippen LogP contribution in [0.1, 0.15) is 12.5 Å². The van der Waals surface area contributed by atoms with Gasteiger partial charge in [0.2, 0.25) is 0 Å². The summed E-state index contributed by atoms with van der Waals surface area (Å²) in [4.78, 5) is 20.6. The van der Waals surface area contributed by atoms with Crippen molar-refractivity contribution in [3.63, 3.8) is 0 Å². The van der Waals surface area contributed by atoms with Crippen molar-refractivity contribution in [2.24, 2.45) is 0 Å². The van der Waals surface area contributed by atoms with Crippen LogP contribution < -0.4 is 0 Å². The fourth-order valence-electron chi connectivity index (χ4n) is 1.14. The quantitative estimate of drug-likeness (QED) is 0.548. The minimum Gasteiger partial charge on any atom is -0.300 e. The molecular weight excluding hydrogens is 189 g/mol. The van der Waals surface area contributed by atoms with Crippen LogP contribution in [0.25, 0.3) is 0 Å². The topological polar surface area (TPSA) is 60.2 Å². The lowest BCUT2D eigenvalue weighted by Gasteiger charge is -1.99. The first-order valence-corrected chi connectivity index (χ1v) is 3.93. The number of halogens is 1. The van der Waals surface area contributed by atoms with Crippen molar-refractivity contribution in [3.05, 3.63) is 39.7 Å². The van der Waals surface area contributed by atoms with Gasteiger partial charge in [-0.2, -0.15) is 0 Å². The molecule has 14 heavy (non-hydrogen) atoms. The Morgan fingerprint density at radius 2 is 2.21 bits per heavy atom. The average molecular weight is 197 g/mol. The smallest absolute Gasteiger partial charge is 0.273 e. The van der Waals surface area contributed by atoms with Gasteiger partial charge in [0.15, 0.2) is 0 Å². The van der Waals surface area contributed by atoms with E-state index in [0.717, 1.165) is 18.2 Å². The molecule has 0 aromatic heterocycles. The number of nitro groups is 1. The molecule has 0 saturated heterocycles. The molecule has 0 amide bonds. The molecule has 0 aliphatic rings. The highest BCUT2D eigenvalue weighted by atomic mass is 19.1. The Bertz CT molecular complexity index is 390. The van der Waals surface area contributed by atoms with Gasteiger partial charge in [0.05, 0.1) is 4.92 Å². The first-order valence-electron chi connectivity index (χ1n) is 3.93. The SMILES string of the molecule is CC(=O)Cc1cc(F)ccc1[N+](=O)[O-]. The van der Waals surface area contributed by atoms with Crippen LogP contribution >= 0.6 is 0 Å². The number of hydrogen-bond donors (Lipinski definition) is 0. The third-order valence-electron chi connectivity index (χ3n) is 1.68. The van der Waals surface area contributed by atoms with Crippen molar-refractivity contribution >= 4 is 11.5 Å². The third kappa shape index (κ3) is 2.35. The minimum atomic E-state index is -0.627. The van der Waals surface area contributed by atoms with Gasteiger partial charge in [-0.25, -0.2) is 4.39 Å². The van der Waals surface area contributed by atoms with Crippen LogP contribution in [-0.2, 0) is 11.2 Å². The zero-order chi connectivity index (χ0) is 10.7. The van der Waals surface area contributed by atoms with Crippen LogP contribution in [0.4, 0.5) is 10.1 Å². The van der Waals surface area contributed by atoms with Crippen LogP contribution in [0.15, 0.2) is 18.2 Å². The Hall–Kier alpha value is -1.78. The van der Waals surface area contributed by atoms with Crippen LogP contribution in [0.2, 0.25) is 0 Å². The summed E-state index contributed by atoms with van der Waals surface area (Å²) in [5, 5.41) is 10.5. The van der Waals surface area contributed by atoms with Gasteiger partial charge in [-0.15, -0.1) is 0 Å². The normalized spacial score (nSPS) is 9.86. The van der Waals surface area contributed by atoms with Gasteiger partial charge in [0.25, 0.3) is 5.69 Å². The Morgan fingerprint density at radius 3 is 2.71 bits per heavy atom. The van der Waals surface area contributed by atoms with E-state index in [-0.39, 0.29) is 23.5 Å². The molecular formula is C9H8FNO3. The fraction of sp³-hybridized carbons (Fsp3) is 0.222. The summed E-state index contributed by atoms with van der Waals surface area (Å²) in [7, 11) is 0. The minimum absolute atomic E-state index is 0.113. The van der Waals surface area contributed by atoms with E-state index in [1.54, 1.807) is 0 Å². The highest BCUT2D eigenvalue weighted by molar-refractivity contribution is 5.79. The lowest BCUT2D eigenvalue weighted by molar-refractivity contribution is -0.385. The lowest BCUT2D eigenvalue weighted by atomic mass is 10.1. The summed E-state index contributed by atoms with van der Waals surface area (Å²) >= 11 is 0. The van der Waals surface area contributed by atoms with Crippen LogP contribution in [0.5, 0.6) is 0 Å². The maximum absolute atomic E-state index is 12.7. The number of carbonyl (C=O) groups is 1. The first-order chi connectivity index (χ1) is 6.50. The molecule has 0 aliphatic heterocycles. The number of rotatable bonds is 3. The number of nitro benzene ring substituents is 1. The van der Waals surface area contributed by atoms with Gasteiger partial charge in [0.1, 0.15) is 11.6 Å². The molecule has 5 heteroatoms. The summed E-state index contributed by atoms with van der Waals surface area (Å²) in [5.41, 5.74) is -0.107. The van der Waals surface area contributed by atoms with Gasteiger partial charge >= 0.3 is 0 Å². The molecule has 0 N–H and O–H groups in total. The molecule has 1 aromatic rings. The Morgan fingerprint density at radius 1 is 1.57 bits per heavy atom. The van der Waals surface area contributed by atoms with E-state index >= 15 is 0 Å². The second-order valence-electron chi connectivity index (χ2n) is 2.91. The number of carbonyl (C=O) groups excluding carboxylic acids is 1. The molecule has 0 bridgehead atoms. The monoisotopic (exact) mass is 197 g/mol. The molecule has 0 aliphatic carbocycles. The number of benzene rings is 1. The molecule has 4 nitrogen and oxygen atoms in total. The Balaban J connectivity index is 3.15. The number of nitrogens with zero attached hydrogens (tertiary/aromatic N) is 1. The largest absolute Gasteiger partial charge is 0.300 e. The molecule has 0 spiro atoms. The fourth-order valence-corrected chi connectivity index (χ4v) is 1.14. The van der Waals surface area contributed by atoms with Crippen molar-refractivity contribution in [1.29, 1.82) is 0 Å². The van der Waals surface area contributed by atoms with E-state index in [2.05, 4.69) is 0 Å². The maximum atomic E-state index is 12.7. The third-order valence-corrected chi connectivity index (χ3v) is 1.68. The molecule has 0 heterocycles. The first kappa shape index (κ1) is 10.3.